The first-order chi connectivity index (χ1) is 13.6. The van der Waals surface area contributed by atoms with E-state index in [0.29, 0.717) is 25.3 Å². The molecule has 1 amide bonds. The zero-order valence-electron chi connectivity index (χ0n) is 16.0. The summed E-state index contributed by atoms with van der Waals surface area (Å²) in [6.45, 7) is 5.39. The zero-order valence-corrected chi connectivity index (χ0v) is 17.6. The predicted octanol–water partition coefficient (Wildman–Crippen LogP) is 4.48. The van der Waals surface area contributed by atoms with Gasteiger partial charge in [0.1, 0.15) is 16.2 Å². The van der Waals surface area contributed by atoms with Crippen molar-refractivity contribution in [2.24, 2.45) is 0 Å². The first-order valence-corrected chi connectivity index (χ1v) is 11.3. The molecule has 3 aromatic rings. The Labute approximate surface area is 173 Å². The molecular formula is C21H23N3O2S2. The maximum absolute atomic E-state index is 12.6. The lowest BCUT2D eigenvalue weighted by atomic mass is 10.2. The molecule has 0 bridgehead atoms. The Hall–Kier alpha value is -1.96. The predicted molar refractivity (Wildman–Crippen MR) is 115 cm³/mol. The SMILES string of the molecule is CC1CN(C(=O)CCSc2ncnc3sc(-c4ccccc4)cc23)CC(C)O1. The third kappa shape index (κ3) is 4.37. The number of thiophene rings is 1. The van der Waals surface area contributed by atoms with Gasteiger partial charge in [-0.15, -0.1) is 23.1 Å². The van der Waals surface area contributed by atoms with Crippen LogP contribution in [0.25, 0.3) is 20.7 Å². The molecule has 28 heavy (non-hydrogen) atoms. The van der Waals surface area contributed by atoms with Crippen LogP contribution in [-0.4, -0.2) is 51.8 Å². The molecule has 0 aliphatic carbocycles. The lowest BCUT2D eigenvalue weighted by Gasteiger charge is -2.35. The number of hydrogen-bond donors (Lipinski definition) is 0. The molecule has 1 aromatic carbocycles. The highest BCUT2D eigenvalue weighted by Gasteiger charge is 2.25. The number of morpholine rings is 1. The van der Waals surface area contributed by atoms with Crippen molar-refractivity contribution in [2.75, 3.05) is 18.8 Å². The number of ether oxygens (including phenoxy) is 1. The number of carbonyl (C=O) groups is 1. The van der Waals surface area contributed by atoms with Crippen molar-refractivity contribution in [1.29, 1.82) is 0 Å². The number of benzene rings is 1. The van der Waals surface area contributed by atoms with Crippen molar-refractivity contribution in [1.82, 2.24) is 14.9 Å². The Morgan fingerprint density at radius 3 is 2.71 bits per heavy atom. The molecule has 2 atom stereocenters. The molecule has 1 fully saturated rings. The summed E-state index contributed by atoms with van der Waals surface area (Å²) < 4.78 is 5.71. The van der Waals surface area contributed by atoms with Crippen LogP contribution in [0.2, 0.25) is 0 Å². The molecule has 0 radical (unpaired) electrons. The van der Waals surface area contributed by atoms with Crippen LogP contribution < -0.4 is 0 Å². The third-order valence-corrected chi connectivity index (χ3v) is 6.78. The minimum Gasteiger partial charge on any atom is -0.372 e. The van der Waals surface area contributed by atoms with Crippen LogP contribution in [0.15, 0.2) is 47.8 Å². The van der Waals surface area contributed by atoms with Gasteiger partial charge in [-0.05, 0) is 25.5 Å². The lowest BCUT2D eigenvalue weighted by Crippen LogP contribution is -2.48. The Balaban J connectivity index is 1.42. The van der Waals surface area contributed by atoms with E-state index in [1.807, 2.05) is 36.9 Å². The van der Waals surface area contributed by atoms with Gasteiger partial charge in [-0.2, -0.15) is 0 Å². The highest BCUT2D eigenvalue weighted by molar-refractivity contribution is 7.99. The van der Waals surface area contributed by atoms with E-state index < -0.39 is 0 Å². The normalized spacial score (nSPS) is 19.9. The Bertz CT molecular complexity index is 951. The number of fused-ring (bicyclic) bond motifs is 1. The largest absolute Gasteiger partial charge is 0.372 e. The summed E-state index contributed by atoms with van der Waals surface area (Å²) in [6.07, 6.45) is 2.32. The maximum Gasteiger partial charge on any atom is 0.223 e. The summed E-state index contributed by atoms with van der Waals surface area (Å²) in [5, 5.41) is 2.01. The molecule has 1 saturated heterocycles. The molecule has 5 nitrogen and oxygen atoms in total. The van der Waals surface area contributed by atoms with Gasteiger partial charge in [0, 0.05) is 35.5 Å². The van der Waals surface area contributed by atoms with Gasteiger partial charge in [0.2, 0.25) is 5.91 Å². The van der Waals surface area contributed by atoms with Gasteiger partial charge in [-0.3, -0.25) is 4.79 Å². The molecule has 2 unspecified atom stereocenters. The summed E-state index contributed by atoms with van der Waals surface area (Å²) in [7, 11) is 0. The first-order valence-electron chi connectivity index (χ1n) is 9.46. The number of aromatic nitrogens is 2. The van der Waals surface area contributed by atoms with Crippen molar-refractivity contribution < 1.29 is 9.53 Å². The molecule has 3 heterocycles. The van der Waals surface area contributed by atoms with Crippen molar-refractivity contribution in [3.05, 3.63) is 42.7 Å². The highest BCUT2D eigenvalue weighted by atomic mass is 32.2. The van der Waals surface area contributed by atoms with E-state index in [1.165, 1.54) is 10.4 Å². The topological polar surface area (TPSA) is 55.3 Å². The molecule has 4 rings (SSSR count). The maximum atomic E-state index is 12.6. The van der Waals surface area contributed by atoms with E-state index in [-0.39, 0.29) is 18.1 Å². The quantitative estimate of drug-likeness (QED) is 0.456. The summed E-state index contributed by atoms with van der Waals surface area (Å²) >= 11 is 3.30. The fraction of sp³-hybridized carbons (Fsp3) is 0.381. The fourth-order valence-electron chi connectivity index (χ4n) is 3.47. The van der Waals surface area contributed by atoms with Crippen LogP contribution in [0, 0.1) is 0 Å². The average molecular weight is 414 g/mol. The van der Waals surface area contributed by atoms with E-state index in [0.717, 1.165) is 15.2 Å². The number of thioether (sulfide) groups is 1. The average Bonchev–Trinajstić information content (AvgIpc) is 3.13. The number of rotatable bonds is 5. The van der Waals surface area contributed by atoms with Crippen LogP contribution in [-0.2, 0) is 9.53 Å². The minimum atomic E-state index is 0.101. The minimum absolute atomic E-state index is 0.101. The van der Waals surface area contributed by atoms with E-state index in [9.17, 15) is 4.79 Å². The van der Waals surface area contributed by atoms with Crippen LogP contribution in [0.5, 0.6) is 0 Å². The van der Waals surface area contributed by atoms with Crippen LogP contribution in [0.4, 0.5) is 0 Å². The summed E-state index contributed by atoms with van der Waals surface area (Å²) in [6, 6.07) is 12.5. The molecule has 0 spiro atoms. The van der Waals surface area contributed by atoms with Gasteiger partial charge < -0.3 is 9.64 Å². The van der Waals surface area contributed by atoms with Gasteiger partial charge >= 0.3 is 0 Å². The Morgan fingerprint density at radius 2 is 1.96 bits per heavy atom. The van der Waals surface area contributed by atoms with E-state index in [1.54, 1.807) is 29.4 Å². The molecule has 2 aromatic heterocycles. The molecule has 1 aliphatic heterocycles. The molecule has 0 saturated carbocycles. The van der Waals surface area contributed by atoms with Crippen molar-refractivity contribution >= 4 is 39.2 Å². The standard InChI is InChI=1S/C21H23N3O2S2/c1-14-11-24(12-15(2)26-14)19(25)8-9-27-20-17-10-18(16-6-4-3-5-7-16)28-21(17)23-13-22-20/h3-7,10,13-15H,8-9,11-12H2,1-2H3. The zero-order chi connectivity index (χ0) is 19.5. The molecule has 0 N–H and O–H groups in total. The molecular weight excluding hydrogens is 390 g/mol. The van der Waals surface area contributed by atoms with Crippen molar-refractivity contribution in [3.63, 3.8) is 0 Å². The molecule has 1 aliphatic rings. The second-order valence-corrected chi connectivity index (χ2v) is 9.14. The van der Waals surface area contributed by atoms with Crippen molar-refractivity contribution in [3.8, 4) is 10.4 Å². The second kappa shape index (κ2) is 8.59. The Kier molecular flexibility index (Phi) is 5.94. The summed E-state index contributed by atoms with van der Waals surface area (Å²) in [5.41, 5.74) is 1.19. The van der Waals surface area contributed by atoms with Gasteiger partial charge in [0.25, 0.3) is 0 Å². The number of nitrogens with zero attached hydrogens (tertiary/aromatic N) is 3. The smallest absolute Gasteiger partial charge is 0.223 e. The van der Waals surface area contributed by atoms with Gasteiger partial charge in [-0.1, -0.05) is 30.3 Å². The van der Waals surface area contributed by atoms with Crippen molar-refractivity contribution in [2.45, 2.75) is 37.5 Å². The van der Waals surface area contributed by atoms with Crippen LogP contribution in [0.3, 0.4) is 0 Å². The number of amides is 1. The van der Waals surface area contributed by atoms with E-state index >= 15 is 0 Å². The van der Waals surface area contributed by atoms with E-state index in [4.69, 9.17) is 4.74 Å². The third-order valence-electron chi connectivity index (χ3n) is 4.68. The van der Waals surface area contributed by atoms with Crippen LogP contribution in [0.1, 0.15) is 20.3 Å². The summed E-state index contributed by atoms with van der Waals surface area (Å²) in [4.78, 5) is 25.5. The summed E-state index contributed by atoms with van der Waals surface area (Å²) in [5.74, 6) is 0.900. The van der Waals surface area contributed by atoms with Gasteiger partial charge in [0.15, 0.2) is 0 Å². The van der Waals surface area contributed by atoms with E-state index in [2.05, 4.69) is 28.2 Å². The Morgan fingerprint density at radius 1 is 1.21 bits per heavy atom. The van der Waals surface area contributed by atoms with Gasteiger partial charge in [0.05, 0.1) is 12.2 Å². The number of carbonyl (C=O) groups excluding carboxylic acids is 1. The first kappa shape index (κ1) is 19.4. The molecule has 146 valence electrons. The monoisotopic (exact) mass is 413 g/mol. The lowest BCUT2D eigenvalue weighted by molar-refractivity contribution is -0.142. The molecule has 7 heteroatoms. The van der Waals surface area contributed by atoms with Gasteiger partial charge in [-0.25, -0.2) is 9.97 Å². The number of hydrogen-bond acceptors (Lipinski definition) is 6. The van der Waals surface area contributed by atoms with Crippen LogP contribution >= 0.6 is 23.1 Å². The fourth-order valence-corrected chi connectivity index (χ4v) is 5.44. The second-order valence-electron chi connectivity index (χ2n) is 7.03. The highest BCUT2D eigenvalue weighted by Crippen LogP contribution is 2.36.